The molecule has 0 N–H and O–H groups in total. The van der Waals surface area contributed by atoms with Gasteiger partial charge < -0.3 is 9.64 Å². The van der Waals surface area contributed by atoms with Gasteiger partial charge in [0.1, 0.15) is 6.04 Å². The van der Waals surface area contributed by atoms with Crippen LogP contribution in [0.3, 0.4) is 0 Å². The maximum Gasteiger partial charge on any atom is 0.323 e. The summed E-state index contributed by atoms with van der Waals surface area (Å²) in [7, 11) is 1.72. The van der Waals surface area contributed by atoms with Gasteiger partial charge in [0, 0.05) is 14.0 Å². The molecular weight excluding hydrogens is 256 g/mol. The van der Waals surface area contributed by atoms with Gasteiger partial charge in [-0.2, -0.15) is 0 Å². The van der Waals surface area contributed by atoms with E-state index in [1.165, 1.54) is 6.92 Å². The van der Waals surface area contributed by atoms with Crippen LogP contribution in [-0.2, 0) is 14.3 Å². The summed E-state index contributed by atoms with van der Waals surface area (Å²) < 4.78 is 5.11. The Bertz CT molecular complexity index is 398. The van der Waals surface area contributed by atoms with Crippen molar-refractivity contribution in [2.45, 2.75) is 39.2 Å². The van der Waals surface area contributed by atoms with Crippen molar-refractivity contribution in [3.63, 3.8) is 0 Å². The number of piperidine rings is 1. The second kappa shape index (κ2) is 8.60. The number of rotatable bonds is 4. The molecule has 0 aromatic heterocycles. The Labute approximate surface area is 121 Å². The quantitative estimate of drug-likeness (QED) is 0.567. The van der Waals surface area contributed by atoms with E-state index in [0.29, 0.717) is 19.7 Å². The molecule has 1 atom stereocenters. The van der Waals surface area contributed by atoms with E-state index >= 15 is 0 Å². The first-order chi connectivity index (χ1) is 9.56. The van der Waals surface area contributed by atoms with Gasteiger partial charge in [-0.1, -0.05) is 18.3 Å². The Balaban J connectivity index is 2.49. The Morgan fingerprint density at radius 1 is 1.35 bits per heavy atom. The zero-order valence-electron chi connectivity index (χ0n) is 12.6. The highest BCUT2D eigenvalue weighted by Gasteiger charge is 2.28. The fourth-order valence-corrected chi connectivity index (χ4v) is 2.13. The van der Waals surface area contributed by atoms with Crippen molar-refractivity contribution in [2.75, 3.05) is 33.3 Å². The largest absolute Gasteiger partial charge is 0.465 e. The molecule has 0 aromatic rings. The van der Waals surface area contributed by atoms with Crippen LogP contribution in [0.15, 0.2) is 0 Å². The predicted molar refractivity (Wildman–Crippen MR) is 76.9 cm³/mol. The van der Waals surface area contributed by atoms with Crippen molar-refractivity contribution in [2.24, 2.45) is 0 Å². The highest BCUT2D eigenvalue weighted by Crippen LogP contribution is 2.17. The van der Waals surface area contributed by atoms with Gasteiger partial charge in [-0.3, -0.25) is 14.5 Å². The lowest BCUT2D eigenvalue weighted by Crippen LogP contribution is -2.45. The summed E-state index contributed by atoms with van der Waals surface area (Å²) in [5.74, 6) is 5.87. The third-order valence-corrected chi connectivity index (χ3v) is 3.43. The second-order valence-corrected chi connectivity index (χ2v) is 4.96. The molecule has 5 nitrogen and oxygen atoms in total. The van der Waals surface area contributed by atoms with Crippen LogP contribution >= 0.6 is 0 Å². The SMILES string of the molecule is CCOC(=O)[C@@H]1CCCCN1CC#CCN(C)C(C)=O. The van der Waals surface area contributed by atoms with Crippen molar-refractivity contribution >= 4 is 11.9 Å². The van der Waals surface area contributed by atoms with Gasteiger partial charge >= 0.3 is 5.97 Å². The van der Waals surface area contributed by atoms with Gasteiger partial charge in [0.05, 0.1) is 19.7 Å². The molecule has 5 heteroatoms. The molecule has 1 rings (SSSR count). The molecule has 0 aliphatic carbocycles. The minimum absolute atomic E-state index is 0.00155. The summed E-state index contributed by atoms with van der Waals surface area (Å²) in [5.41, 5.74) is 0. The van der Waals surface area contributed by atoms with E-state index in [2.05, 4.69) is 16.7 Å². The van der Waals surface area contributed by atoms with Crippen LogP contribution in [0.2, 0.25) is 0 Å². The summed E-state index contributed by atoms with van der Waals surface area (Å²) in [6, 6.07) is -0.163. The Kier molecular flexibility index (Phi) is 7.10. The third kappa shape index (κ3) is 5.22. The molecule has 1 aliphatic heterocycles. The average molecular weight is 280 g/mol. The molecule has 0 aromatic carbocycles. The molecule has 0 radical (unpaired) electrons. The van der Waals surface area contributed by atoms with Crippen molar-refractivity contribution in [1.29, 1.82) is 0 Å². The number of ether oxygens (including phenoxy) is 1. The minimum atomic E-state index is -0.163. The summed E-state index contributed by atoms with van der Waals surface area (Å²) in [5, 5.41) is 0. The fraction of sp³-hybridized carbons (Fsp3) is 0.733. The van der Waals surface area contributed by atoms with Crippen molar-refractivity contribution in [3.05, 3.63) is 0 Å². The van der Waals surface area contributed by atoms with E-state index in [1.807, 2.05) is 6.92 Å². The van der Waals surface area contributed by atoms with E-state index in [1.54, 1.807) is 11.9 Å². The van der Waals surface area contributed by atoms with Gasteiger partial charge in [-0.05, 0) is 26.3 Å². The normalized spacial score (nSPS) is 18.9. The van der Waals surface area contributed by atoms with Crippen molar-refractivity contribution in [1.82, 2.24) is 9.80 Å². The molecule has 1 aliphatic rings. The lowest BCUT2D eigenvalue weighted by Gasteiger charge is -2.32. The average Bonchev–Trinajstić information content (AvgIpc) is 2.43. The van der Waals surface area contributed by atoms with E-state index in [9.17, 15) is 9.59 Å². The lowest BCUT2D eigenvalue weighted by atomic mass is 10.0. The Morgan fingerprint density at radius 3 is 2.75 bits per heavy atom. The molecule has 1 fully saturated rings. The van der Waals surface area contributed by atoms with Crippen LogP contribution in [0, 0.1) is 11.8 Å². The number of amides is 1. The van der Waals surface area contributed by atoms with Crippen LogP contribution < -0.4 is 0 Å². The molecule has 20 heavy (non-hydrogen) atoms. The first-order valence-electron chi connectivity index (χ1n) is 7.14. The van der Waals surface area contributed by atoms with Crippen LogP contribution in [-0.4, -0.2) is 61.0 Å². The van der Waals surface area contributed by atoms with Gasteiger partial charge in [-0.25, -0.2) is 0 Å². The zero-order chi connectivity index (χ0) is 15.0. The van der Waals surface area contributed by atoms with Gasteiger partial charge in [0.15, 0.2) is 0 Å². The number of nitrogens with zero attached hydrogens (tertiary/aromatic N) is 2. The molecule has 112 valence electrons. The van der Waals surface area contributed by atoms with Gasteiger partial charge in [-0.15, -0.1) is 0 Å². The number of hydrogen-bond acceptors (Lipinski definition) is 4. The maximum absolute atomic E-state index is 11.9. The van der Waals surface area contributed by atoms with E-state index in [4.69, 9.17) is 4.74 Å². The molecule has 1 amide bonds. The molecule has 0 spiro atoms. The predicted octanol–water partition coefficient (Wildman–Crippen LogP) is 0.886. The topological polar surface area (TPSA) is 49.9 Å². The second-order valence-electron chi connectivity index (χ2n) is 4.96. The van der Waals surface area contributed by atoms with Crippen molar-refractivity contribution < 1.29 is 14.3 Å². The molecule has 0 bridgehead atoms. The summed E-state index contributed by atoms with van der Waals surface area (Å²) in [6.07, 6.45) is 2.99. The standard InChI is InChI=1S/C15H24N2O3/c1-4-20-15(19)14-9-5-6-11-17(14)12-8-7-10-16(3)13(2)18/h14H,4-6,9-12H2,1-3H3/t14-/m0/s1. The molecular formula is C15H24N2O3. The zero-order valence-corrected chi connectivity index (χ0v) is 12.6. The monoisotopic (exact) mass is 280 g/mol. The van der Waals surface area contributed by atoms with Crippen LogP contribution in [0.5, 0.6) is 0 Å². The Morgan fingerprint density at radius 2 is 2.10 bits per heavy atom. The van der Waals surface area contributed by atoms with Gasteiger partial charge in [0.2, 0.25) is 5.91 Å². The highest BCUT2D eigenvalue weighted by molar-refractivity contribution is 5.76. The molecule has 1 saturated heterocycles. The van der Waals surface area contributed by atoms with E-state index in [-0.39, 0.29) is 17.9 Å². The van der Waals surface area contributed by atoms with E-state index < -0.39 is 0 Å². The van der Waals surface area contributed by atoms with Gasteiger partial charge in [0.25, 0.3) is 0 Å². The number of carbonyl (C=O) groups is 2. The summed E-state index contributed by atoms with van der Waals surface area (Å²) in [4.78, 5) is 26.5. The Hall–Kier alpha value is -1.54. The fourth-order valence-electron chi connectivity index (χ4n) is 2.13. The van der Waals surface area contributed by atoms with Crippen molar-refractivity contribution in [3.8, 4) is 11.8 Å². The first-order valence-corrected chi connectivity index (χ1v) is 7.14. The van der Waals surface area contributed by atoms with E-state index in [0.717, 1.165) is 25.8 Å². The number of likely N-dealkylation sites (tertiary alicyclic amines) is 1. The summed E-state index contributed by atoms with van der Waals surface area (Å²) in [6.45, 7) is 5.60. The lowest BCUT2D eigenvalue weighted by molar-refractivity contribution is -0.150. The van der Waals surface area contributed by atoms with Crippen LogP contribution in [0.25, 0.3) is 0 Å². The first kappa shape index (κ1) is 16.5. The highest BCUT2D eigenvalue weighted by atomic mass is 16.5. The molecule has 0 saturated carbocycles. The van der Waals surface area contributed by atoms with Crippen LogP contribution in [0.4, 0.5) is 0 Å². The number of hydrogen-bond donors (Lipinski definition) is 0. The number of carbonyl (C=O) groups excluding carboxylic acids is 2. The molecule has 0 unspecified atom stereocenters. The third-order valence-electron chi connectivity index (χ3n) is 3.43. The minimum Gasteiger partial charge on any atom is -0.465 e. The smallest absolute Gasteiger partial charge is 0.323 e. The summed E-state index contributed by atoms with van der Waals surface area (Å²) >= 11 is 0. The molecule has 1 heterocycles. The number of esters is 1. The maximum atomic E-state index is 11.9. The van der Waals surface area contributed by atoms with Crippen LogP contribution in [0.1, 0.15) is 33.1 Å².